The zero-order valence-electron chi connectivity index (χ0n) is 6.61. The van der Waals surface area contributed by atoms with Gasteiger partial charge in [-0.1, -0.05) is 39.4 Å². The van der Waals surface area contributed by atoms with E-state index in [0.29, 0.717) is 5.92 Å². The van der Waals surface area contributed by atoms with Crippen molar-refractivity contribution in [3.05, 3.63) is 0 Å². The number of hydrogen-bond acceptors (Lipinski definition) is 1. The Kier molecular flexibility index (Phi) is 4.97. The lowest BCUT2D eigenvalue weighted by molar-refractivity contribution is 0.729. The fraction of sp³-hybridized carbons (Fsp3) is 0.875. The fourth-order valence-corrected chi connectivity index (χ4v) is 1.09. The van der Waals surface area contributed by atoms with Gasteiger partial charge in [-0.25, -0.2) is 0 Å². The molecule has 0 amide bonds. The first-order valence-corrected chi connectivity index (χ1v) is 4.15. The monoisotopic (exact) mass is 144 g/mol. The SMILES string of the molecule is CCCC(=S)C(C)CC. The third kappa shape index (κ3) is 3.63. The summed E-state index contributed by atoms with van der Waals surface area (Å²) in [5.41, 5.74) is 0. The maximum Gasteiger partial charge on any atom is -0.00435 e. The van der Waals surface area contributed by atoms with Crippen LogP contribution in [0.3, 0.4) is 0 Å². The molecule has 9 heavy (non-hydrogen) atoms. The highest BCUT2D eigenvalue weighted by molar-refractivity contribution is 7.80. The average Bonchev–Trinajstić information content (AvgIpc) is 1.87. The predicted octanol–water partition coefficient (Wildman–Crippen LogP) is 3.20. The molecule has 0 fully saturated rings. The minimum atomic E-state index is 0.653. The minimum Gasteiger partial charge on any atom is -0.0894 e. The lowest BCUT2D eigenvalue weighted by Gasteiger charge is -2.07. The van der Waals surface area contributed by atoms with Gasteiger partial charge in [0.25, 0.3) is 0 Å². The van der Waals surface area contributed by atoms with Gasteiger partial charge in [0.05, 0.1) is 0 Å². The maximum absolute atomic E-state index is 5.18. The van der Waals surface area contributed by atoms with E-state index < -0.39 is 0 Å². The quantitative estimate of drug-likeness (QED) is 0.546. The molecule has 0 aliphatic carbocycles. The second-order valence-electron chi connectivity index (χ2n) is 2.53. The van der Waals surface area contributed by atoms with Crippen LogP contribution in [0.25, 0.3) is 0 Å². The molecule has 0 N–H and O–H groups in total. The Hall–Kier alpha value is 0.0900. The molecular weight excluding hydrogens is 128 g/mol. The molecule has 0 radical (unpaired) electrons. The first kappa shape index (κ1) is 9.09. The van der Waals surface area contributed by atoms with E-state index in [-0.39, 0.29) is 0 Å². The molecule has 0 nitrogen and oxygen atoms in total. The van der Waals surface area contributed by atoms with Crippen molar-refractivity contribution in [1.29, 1.82) is 0 Å². The largest absolute Gasteiger partial charge is 0.0894 e. The Morgan fingerprint density at radius 3 is 2.33 bits per heavy atom. The fourth-order valence-electron chi connectivity index (χ4n) is 0.720. The van der Waals surface area contributed by atoms with Crippen LogP contribution >= 0.6 is 12.2 Å². The molecule has 0 aromatic rings. The predicted molar refractivity (Wildman–Crippen MR) is 47.0 cm³/mol. The van der Waals surface area contributed by atoms with Crippen molar-refractivity contribution in [2.24, 2.45) is 5.92 Å². The summed E-state index contributed by atoms with van der Waals surface area (Å²) in [6.45, 7) is 6.57. The van der Waals surface area contributed by atoms with Crippen LogP contribution in [0.4, 0.5) is 0 Å². The molecule has 0 aromatic carbocycles. The smallest absolute Gasteiger partial charge is 0.00435 e. The third-order valence-corrected chi connectivity index (χ3v) is 2.26. The summed E-state index contributed by atoms with van der Waals surface area (Å²) in [5, 5.41) is 0. The van der Waals surface area contributed by atoms with Crippen LogP contribution in [0, 0.1) is 5.92 Å². The van der Waals surface area contributed by atoms with E-state index >= 15 is 0 Å². The number of thiocarbonyl (C=S) groups is 1. The molecule has 1 atom stereocenters. The van der Waals surface area contributed by atoms with Crippen molar-refractivity contribution < 1.29 is 0 Å². The van der Waals surface area contributed by atoms with E-state index in [1.54, 1.807) is 0 Å². The maximum atomic E-state index is 5.18. The summed E-state index contributed by atoms with van der Waals surface area (Å²) in [7, 11) is 0. The zero-order chi connectivity index (χ0) is 7.28. The van der Waals surface area contributed by atoms with Crippen LogP contribution in [0.15, 0.2) is 0 Å². The molecule has 0 bridgehead atoms. The topological polar surface area (TPSA) is 0 Å². The van der Waals surface area contributed by atoms with Crippen molar-refractivity contribution in [2.75, 3.05) is 0 Å². The summed E-state index contributed by atoms with van der Waals surface area (Å²) in [6, 6.07) is 0. The highest BCUT2D eigenvalue weighted by atomic mass is 32.1. The van der Waals surface area contributed by atoms with Crippen LogP contribution in [0.2, 0.25) is 0 Å². The highest BCUT2D eigenvalue weighted by Crippen LogP contribution is 2.08. The van der Waals surface area contributed by atoms with Crippen molar-refractivity contribution in [2.45, 2.75) is 40.0 Å². The van der Waals surface area contributed by atoms with E-state index in [1.807, 2.05) is 0 Å². The van der Waals surface area contributed by atoms with E-state index in [4.69, 9.17) is 12.2 Å². The second-order valence-corrected chi connectivity index (χ2v) is 3.05. The van der Waals surface area contributed by atoms with Crippen LogP contribution in [0.1, 0.15) is 40.0 Å². The Morgan fingerprint density at radius 2 is 2.00 bits per heavy atom. The van der Waals surface area contributed by atoms with Gasteiger partial charge in [-0.2, -0.15) is 0 Å². The second kappa shape index (κ2) is 4.92. The van der Waals surface area contributed by atoms with Crippen molar-refractivity contribution >= 4 is 17.1 Å². The zero-order valence-corrected chi connectivity index (χ0v) is 7.42. The normalized spacial score (nSPS) is 13.2. The Morgan fingerprint density at radius 1 is 1.44 bits per heavy atom. The molecule has 0 saturated heterocycles. The Labute approximate surface area is 63.7 Å². The molecule has 1 unspecified atom stereocenters. The lowest BCUT2D eigenvalue weighted by atomic mass is 10.0. The summed E-state index contributed by atoms with van der Waals surface area (Å²) in [5.74, 6) is 0.653. The molecule has 0 aliphatic heterocycles. The minimum absolute atomic E-state index is 0.653. The lowest BCUT2D eigenvalue weighted by Crippen LogP contribution is -2.05. The van der Waals surface area contributed by atoms with Crippen molar-refractivity contribution in [3.8, 4) is 0 Å². The summed E-state index contributed by atoms with van der Waals surface area (Å²) in [6.07, 6.45) is 3.52. The number of rotatable bonds is 4. The van der Waals surface area contributed by atoms with E-state index in [0.717, 1.165) is 6.42 Å². The Bertz CT molecular complexity index is 86.6. The van der Waals surface area contributed by atoms with Crippen molar-refractivity contribution in [3.63, 3.8) is 0 Å². The van der Waals surface area contributed by atoms with E-state index in [1.165, 1.54) is 17.7 Å². The van der Waals surface area contributed by atoms with Gasteiger partial charge in [0.15, 0.2) is 0 Å². The molecule has 0 saturated carbocycles. The van der Waals surface area contributed by atoms with E-state index in [2.05, 4.69) is 20.8 Å². The molecular formula is C8H16S. The van der Waals surface area contributed by atoms with Crippen LogP contribution in [0.5, 0.6) is 0 Å². The average molecular weight is 144 g/mol. The van der Waals surface area contributed by atoms with Gasteiger partial charge in [-0.05, 0) is 23.6 Å². The van der Waals surface area contributed by atoms with Gasteiger partial charge < -0.3 is 0 Å². The van der Waals surface area contributed by atoms with Gasteiger partial charge in [-0.3, -0.25) is 0 Å². The van der Waals surface area contributed by atoms with Crippen LogP contribution < -0.4 is 0 Å². The molecule has 0 aliphatic rings. The summed E-state index contributed by atoms with van der Waals surface area (Å²) in [4.78, 5) is 1.25. The van der Waals surface area contributed by atoms with Crippen LogP contribution in [-0.2, 0) is 0 Å². The summed E-state index contributed by atoms with van der Waals surface area (Å²) < 4.78 is 0. The Balaban J connectivity index is 3.46. The highest BCUT2D eigenvalue weighted by Gasteiger charge is 2.03. The summed E-state index contributed by atoms with van der Waals surface area (Å²) >= 11 is 5.18. The molecule has 54 valence electrons. The van der Waals surface area contributed by atoms with Crippen LogP contribution in [-0.4, -0.2) is 4.86 Å². The molecule has 0 rings (SSSR count). The van der Waals surface area contributed by atoms with Gasteiger partial charge in [0, 0.05) is 0 Å². The van der Waals surface area contributed by atoms with Gasteiger partial charge in [0.1, 0.15) is 0 Å². The van der Waals surface area contributed by atoms with Gasteiger partial charge in [0.2, 0.25) is 0 Å². The first-order chi connectivity index (χ1) is 4.22. The first-order valence-electron chi connectivity index (χ1n) is 3.75. The molecule has 0 spiro atoms. The van der Waals surface area contributed by atoms with Gasteiger partial charge >= 0.3 is 0 Å². The van der Waals surface area contributed by atoms with Crippen molar-refractivity contribution in [1.82, 2.24) is 0 Å². The number of hydrogen-bond donors (Lipinski definition) is 0. The third-order valence-electron chi connectivity index (χ3n) is 1.66. The standard InChI is InChI=1S/C8H16S/c1-4-6-8(9)7(3)5-2/h7H,4-6H2,1-3H3. The molecule has 0 aromatic heterocycles. The molecule has 1 heteroatoms. The molecule has 0 heterocycles. The van der Waals surface area contributed by atoms with E-state index in [9.17, 15) is 0 Å². The van der Waals surface area contributed by atoms with Gasteiger partial charge in [-0.15, -0.1) is 0 Å².